The molecule has 4 fully saturated rings. The maximum absolute atomic E-state index is 12.8. The van der Waals surface area contributed by atoms with Crippen molar-refractivity contribution in [2.75, 3.05) is 19.8 Å². The van der Waals surface area contributed by atoms with Crippen molar-refractivity contribution in [1.82, 2.24) is 5.32 Å². The number of rotatable bonds is 13. The quantitative estimate of drug-likeness (QED) is 0.0825. The van der Waals surface area contributed by atoms with Crippen molar-refractivity contribution in [3.05, 3.63) is 0 Å². The zero-order valence-corrected chi connectivity index (χ0v) is 28.7. The normalized spacial score (nSPS) is 47.8. The van der Waals surface area contributed by atoms with Crippen LogP contribution in [0.3, 0.4) is 0 Å². The fourth-order valence-corrected chi connectivity index (χ4v) is 6.99. The number of amides is 1. The highest BCUT2D eigenvalue weighted by molar-refractivity contribution is 5.76. The van der Waals surface area contributed by atoms with Gasteiger partial charge in [0.15, 0.2) is 12.6 Å². The minimum atomic E-state index is -3.08. The van der Waals surface area contributed by atoms with Gasteiger partial charge in [-0.15, -0.1) is 0 Å². The van der Waals surface area contributed by atoms with Gasteiger partial charge in [-0.1, -0.05) is 0 Å². The molecule has 0 bridgehead atoms. The Morgan fingerprint density at radius 2 is 1.47 bits per heavy atom. The van der Waals surface area contributed by atoms with Crippen LogP contribution < -0.4 is 5.32 Å². The molecule has 15 N–H and O–H groups in total. The van der Waals surface area contributed by atoms with Crippen LogP contribution in [0.4, 0.5) is 0 Å². The zero-order chi connectivity index (χ0) is 39.7. The van der Waals surface area contributed by atoms with Gasteiger partial charge in [0, 0.05) is 26.2 Å². The van der Waals surface area contributed by atoms with Crippen molar-refractivity contribution in [3.8, 4) is 0 Å². The van der Waals surface area contributed by atoms with Crippen LogP contribution in [0.1, 0.15) is 33.1 Å². The smallest absolute Gasteiger partial charge is 0.364 e. The minimum absolute atomic E-state index is 0.520. The Kier molecular flexibility index (Phi) is 14.5. The summed E-state index contributed by atoms with van der Waals surface area (Å²) in [6.45, 7) is -0.621. The predicted molar refractivity (Wildman–Crippen MR) is 165 cm³/mol. The van der Waals surface area contributed by atoms with E-state index in [1.54, 1.807) is 0 Å². The molecule has 0 aromatic heterocycles. The van der Waals surface area contributed by atoms with E-state index in [2.05, 4.69) is 5.32 Å². The maximum Gasteiger partial charge on any atom is 0.364 e. The van der Waals surface area contributed by atoms with Gasteiger partial charge < -0.3 is 105 Å². The molecule has 0 aromatic rings. The maximum atomic E-state index is 12.8. The molecule has 53 heavy (non-hydrogen) atoms. The Morgan fingerprint density at radius 1 is 0.830 bits per heavy atom. The molecular weight excluding hydrogens is 726 g/mol. The molecule has 1 saturated carbocycles. The second-order valence-corrected chi connectivity index (χ2v) is 14.0. The van der Waals surface area contributed by atoms with Crippen molar-refractivity contribution >= 4 is 11.9 Å². The van der Waals surface area contributed by atoms with Gasteiger partial charge in [-0.2, -0.15) is 0 Å². The number of nitrogens with one attached hydrogen (secondary N) is 1. The lowest BCUT2D eigenvalue weighted by atomic mass is 9.79. The van der Waals surface area contributed by atoms with Crippen molar-refractivity contribution in [2.24, 2.45) is 0 Å². The molecule has 4 aliphatic rings. The van der Waals surface area contributed by atoms with Gasteiger partial charge in [-0.3, -0.25) is 4.79 Å². The molecule has 0 spiro atoms. The van der Waals surface area contributed by atoms with Gasteiger partial charge in [0.25, 0.3) is 5.79 Å². The van der Waals surface area contributed by atoms with E-state index in [4.69, 9.17) is 28.4 Å². The van der Waals surface area contributed by atoms with Gasteiger partial charge in [0.1, 0.15) is 67.1 Å². The van der Waals surface area contributed by atoms with Crippen LogP contribution in [0.2, 0.25) is 0 Å². The molecule has 1 aliphatic carbocycles. The highest BCUT2D eigenvalue weighted by atomic mass is 16.8. The number of carboxylic acids is 1. The molecule has 3 saturated heterocycles. The average molecular weight is 778 g/mol. The molecule has 3 heterocycles. The first-order chi connectivity index (χ1) is 24.7. The standard InChI is InChI=1S/C30H51NO22/c1-9-17(39)20(42)21(43)26(48-9)51-23-12(37)3-29(47,8-34)5-14(23)49-27-22(44)25(19(41)15(7-33)50-27)53-30(28(45)46)4-11(36)16(31-10(2)35)24(52-30)18(40)13(38)6-32/h9,11-27,32-34,36-44,47H,3-8H2,1-2H3,(H,31,35)(H,45,46)/t9-,11-,12+,13+,14+,15+,16+,17+,18+,19-,20+,21-,22+,23+,24+,25-,26-,27+,29-,30-/m0/s1. The number of hydrogen-bond acceptors (Lipinski definition) is 21. The van der Waals surface area contributed by atoms with Gasteiger partial charge in [-0.25, -0.2) is 4.79 Å². The summed E-state index contributed by atoms with van der Waals surface area (Å²) in [5.41, 5.74) is -2.04. The first-order valence-corrected chi connectivity index (χ1v) is 16.9. The summed E-state index contributed by atoms with van der Waals surface area (Å²) in [6.07, 6.45) is -33.2. The third-order valence-electron chi connectivity index (χ3n) is 9.95. The van der Waals surface area contributed by atoms with E-state index in [1.807, 2.05) is 0 Å². The van der Waals surface area contributed by atoms with Crippen molar-refractivity contribution in [2.45, 2.75) is 155 Å². The monoisotopic (exact) mass is 777 g/mol. The van der Waals surface area contributed by atoms with E-state index in [-0.39, 0.29) is 0 Å². The number of hydrogen-bond donors (Lipinski definition) is 15. The van der Waals surface area contributed by atoms with Crippen LogP contribution in [0, 0.1) is 0 Å². The first kappa shape index (κ1) is 43.9. The third-order valence-corrected chi connectivity index (χ3v) is 9.95. The summed E-state index contributed by atoms with van der Waals surface area (Å²) in [6, 6.07) is -1.58. The Bertz CT molecular complexity index is 1230. The lowest BCUT2D eigenvalue weighted by molar-refractivity contribution is -0.382. The molecule has 4 rings (SSSR count). The number of carboxylic acid groups (broad SMARTS) is 1. The van der Waals surface area contributed by atoms with Crippen molar-refractivity contribution in [1.29, 1.82) is 0 Å². The molecule has 0 aromatic carbocycles. The molecule has 1 amide bonds. The molecule has 0 unspecified atom stereocenters. The predicted octanol–water partition coefficient (Wildman–Crippen LogP) is -8.56. The molecule has 0 radical (unpaired) electrons. The van der Waals surface area contributed by atoms with E-state index in [9.17, 15) is 81.1 Å². The number of ether oxygens (including phenoxy) is 6. The number of carbonyl (C=O) groups excluding carboxylic acids is 1. The van der Waals surface area contributed by atoms with E-state index >= 15 is 0 Å². The summed E-state index contributed by atoms with van der Waals surface area (Å²) in [5.74, 6) is -5.85. The lowest BCUT2D eigenvalue weighted by Crippen LogP contribution is -2.70. The molecule has 20 atom stereocenters. The van der Waals surface area contributed by atoms with Crippen molar-refractivity contribution in [3.63, 3.8) is 0 Å². The summed E-state index contributed by atoms with van der Waals surface area (Å²) >= 11 is 0. The average Bonchev–Trinajstić information content (AvgIpc) is 3.10. The zero-order valence-electron chi connectivity index (χ0n) is 28.7. The summed E-state index contributed by atoms with van der Waals surface area (Å²) < 4.78 is 33.9. The number of aliphatic carboxylic acids is 1. The number of carbonyl (C=O) groups is 2. The minimum Gasteiger partial charge on any atom is -0.477 e. The van der Waals surface area contributed by atoms with E-state index < -0.39 is 173 Å². The lowest BCUT2D eigenvalue weighted by Gasteiger charge is -2.51. The Balaban J connectivity index is 1.65. The Hall–Kier alpha value is -1.82. The SMILES string of the molecule is CC(=O)N[C@H]1[C@H]([C@H](O)[C@H](O)CO)O[C@@](O[C@H]2[C@@H](O)[C@@H](CO)O[C@@H](O[C@@H]3C[C@](O)(CO)C[C@@H](O)[C@H]3O[C@@H]3O[C@@H](C)[C@@H](O)[C@@H](O)[C@@H]3O)[C@@H]2O)(C(=O)O)C[C@@H]1O. The second kappa shape index (κ2) is 17.5. The third kappa shape index (κ3) is 9.26. The molecular formula is C30H51NO22. The Labute approximate surface area is 301 Å². The van der Waals surface area contributed by atoms with Gasteiger partial charge >= 0.3 is 5.97 Å². The first-order valence-electron chi connectivity index (χ1n) is 16.9. The van der Waals surface area contributed by atoms with E-state index in [0.29, 0.717) is 0 Å². The summed E-state index contributed by atoms with van der Waals surface area (Å²) in [4.78, 5) is 24.7. The van der Waals surface area contributed by atoms with Gasteiger partial charge in [-0.05, 0) is 6.92 Å². The number of aliphatic hydroxyl groups excluding tert-OH is 12. The van der Waals surface area contributed by atoms with Crippen LogP contribution in [0.25, 0.3) is 0 Å². The van der Waals surface area contributed by atoms with Gasteiger partial charge in [0.2, 0.25) is 5.91 Å². The fourth-order valence-electron chi connectivity index (χ4n) is 6.99. The topological polar surface area (TPSA) is 385 Å². The summed E-state index contributed by atoms with van der Waals surface area (Å²) in [7, 11) is 0. The highest BCUT2D eigenvalue weighted by Crippen LogP contribution is 2.40. The van der Waals surface area contributed by atoms with Crippen LogP contribution in [-0.4, -0.2) is 225 Å². The largest absolute Gasteiger partial charge is 0.477 e. The fraction of sp³-hybridized carbons (Fsp3) is 0.933. The van der Waals surface area contributed by atoms with Crippen LogP contribution in [0.15, 0.2) is 0 Å². The summed E-state index contributed by atoms with van der Waals surface area (Å²) in [5, 5.41) is 149. The van der Waals surface area contributed by atoms with Crippen molar-refractivity contribution < 1.29 is 110 Å². The van der Waals surface area contributed by atoms with E-state index in [1.165, 1.54) is 6.92 Å². The highest BCUT2D eigenvalue weighted by Gasteiger charge is 2.60. The van der Waals surface area contributed by atoms with Crippen LogP contribution in [-0.2, 0) is 38.0 Å². The molecule has 308 valence electrons. The van der Waals surface area contributed by atoms with E-state index in [0.717, 1.165) is 6.92 Å². The number of aliphatic hydroxyl groups is 13. The Morgan fingerprint density at radius 3 is 2.04 bits per heavy atom. The molecule has 23 heteroatoms. The van der Waals surface area contributed by atoms with Crippen LogP contribution >= 0.6 is 0 Å². The second-order valence-electron chi connectivity index (χ2n) is 14.0. The molecule has 23 nitrogen and oxygen atoms in total. The van der Waals surface area contributed by atoms with Crippen LogP contribution in [0.5, 0.6) is 0 Å². The van der Waals surface area contributed by atoms with Gasteiger partial charge in [0.05, 0.1) is 55.9 Å². The molecule has 3 aliphatic heterocycles.